The van der Waals surface area contributed by atoms with E-state index in [1.54, 1.807) is 42.2 Å². The van der Waals surface area contributed by atoms with Crippen molar-refractivity contribution in [2.45, 2.75) is 29.6 Å². The Labute approximate surface area is 176 Å². The van der Waals surface area contributed by atoms with Gasteiger partial charge in [-0.25, -0.2) is 13.8 Å². The third-order valence-corrected chi connectivity index (χ3v) is 7.64. The van der Waals surface area contributed by atoms with Crippen LogP contribution >= 0.6 is 11.8 Å². The zero-order valence-electron chi connectivity index (χ0n) is 16.5. The summed E-state index contributed by atoms with van der Waals surface area (Å²) >= 11 is 1.66. The average Bonchev–Trinajstić information content (AvgIpc) is 2.74. The number of nitrogens with one attached hydrogen (secondary N) is 1. The monoisotopic (exact) mass is 431 g/mol. The number of piperidine rings is 1. The Morgan fingerprint density at radius 2 is 1.72 bits per heavy atom. The number of aryl methyl sites for hydroxylation is 1. The number of rotatable bonds is 6. The number of hydrogen-bond donors (Lipinski definition) is 1. The van der Waals surface area contributed by atoms with Crippen LogP contribution in [0.2, 0.25) is 0 Å². The number of carbonyl (C=O) groups excluding carboxylic acids is 1. The van der Waals surface area contributed by atoms with Crippen LogP contribution in [0.1, 0.15) is 24.0 Å². The molecule has 0 aromatic heterocycles. The second-order valence-corrected chi connectivity index (χ2v) is 9.82. The van der Waals surface area contributed by atoms with Gasteiger partial charge in [0.05, 0.1) is 11.1 Å². The summed E-state index contributed by atoms with van der Waals surface area (Å²) in [5.74, 6) is -0.412. The highest BCUT2D eigenvalue weighted by atomic mass is 32.2. The molecule has 0 radical (unpaired) electrons. The van der Waals surface area contributed by atoms with Crippen LogP contribution in [0.4, 0.5) is 0 Å². The molecule has 0 atom stereocenters. The fourth-order valence-corrected chi connectivity index (χ4v) is 5.05. The lowest BCUT2D eigenvalue weighted by atomic mass is 9.98. The van der Waals surface area contributed by atoms with Crippen LogP contribution in [0.15, 0.2) is 63.4 Å². The molecule has 0 unspecified atom stereocenters. The smallest absolute Gasteiger partial charge is 0.243 e. The summed E-state index contributed by atoms with van der Waals surface area (Å²) in [6, 6.07) is 14.7. The first kappa shape index (κ1) is 21.5. The van der Waals surface area contributed by atoms with Crippen molar-refractivity contribution >= 4 is 33.9 Å². The lowest BCUT2D eigenvalue weighted by Crippen LogP contribution is -2.42. The number of sulfonamides is 1. The number of nitrogens with zero attached hydrogens (tertiary/aromatic N) is 2. The van der Waals surface area contributed by atoms with Crippen LogP contribution in [0.5, 0.6) is 0 Å². The van der Waals surface area contributed by atoms with Gasteiger partial charge in [0.15, 0.2) is 0 Å². The lowest BCUT2D eigenvalue weighted by molar-refractivity contribution is -0.126. The molecule has 0 spiro atoms. The molecule has 1 heterocycles. The van der Waals surface area contributed by atoms with Gasteiger partial charge < -0.3 is 0 Å². The van der Waals surface area contributed by atoms with E-state index >= 15 is 0 Å². The van der Waals surface area contributed by atoms with Gasteiger partial charge in [-0.05, 0) is 55.9 Å². The van der Waals surface area contributed by atoms with Crippen LogP contribution < -0.4 is 5.43 Å². The fourth-order valence-electron chi connectivity index (χ4n) is 3.17. The summed E-state index contributed by atoms with van der Waals surface area (Å²) in [4.78, 5) is 13.8. The minimum Gasteiger partial charge on any atom is -0.273 e. The van der Waals surface area contributed by atoms with E-state index in [4.69, 9.17) is 0 Å². The lowest BCUT2D eigenvalue weighted by Gasteiger charge is -2.30. The summed E-state index contributed by atoms with van der Waals surface area (Å²) in [6.07, 6.45) is 4.59. The van der Waals surface area contributed by atoms with Crippen molar-refractivity contribution in [3.63, 3.8) is 0 Å². The zero-order valence-corrected chi connectivity index (χ0v) is 18.2. The third kappa shape index (κ3) is 5.46. The van der Waals surface area contributed by atoms with E-state index in [0.29, 0.717) is 30.8 Å². The molecule has 0 bridgehead atoms. The molecule has 1 N–H and O–H groups in total. The molecule has 154 valence electrons. The van der Waals surface area contributed by atoms with Gasteiger partial charge in [-0.3, -0.25) is 4.79 Å². The molecule has 6 nitrogen and oxygen atoms in total. The molecule has 1 fully saturated rings. The Morgan fingerprint density at radius 3 is 2.31 bits per heavy atom. The molecule has 1 saturated heterocycles. The summed E-state index contributed by atoms with van der Waals surface area (Å²) in [6.45, 7) is 2.57. The summed E-state index contributed by atoms with van der Waals surface area (Å²) in [5.41, 5.74) is 4.50. The molecular weight excluding hydrogens is 406 g/mol. The topological polar surface area (TPSA) is 78.8 Å². The van der Waals surface area contributed by atoms with Gasteiger partial charge in [0.25, 0.3) is 0 Å². The number of thioether (sulfide) groups is 1. The van der Waals surface area contributed by atoms with Crippen LogP contribution in [0.25, 0.3) is 0 Å². The predicted molar refractivity (Wildman–Crippen MR) is 117 cm³/mol. The molecule has 8 heteroatoms. The molecule has 1 aliphatic heterocycles. The third-order valence-electron chi connectivity index (χ3n) is 4.99. The van der Waals surface area contributed by atoms with Crippen molar-refractivity contribution in [3.8, 4) is 0 Å². The van der Waals surface area contributed by atoms with E-state index in [1.807, 2.05) is 37.4 Å². The number of amides is 1. The quantitative estimate of drug-likeness (QED) is 0.433. The zero-order chi connectivity index (χ0) is 20.9. The van der Waals surface area contributed by atoms with E-state index in [2.05, 4.69) is 10.5 Å². The SMILES string of the molecule is CSc1ccc(C=NNC(=O)C2CCN(S(=O)(=O)c3ccc(C)cc3)CC2)cc1. The highest BCUT2D eigenvalue weighted by molar-refractivity contribution is 7.98. The van der Waals surface area contributed by atoms with Gasteiger partial charge >= 0.3 is 0 Å². The maximum atomic E-state index is 12.8. The maximum Gasteiger partial charge on any atom is 0.243 e. The first-order chi connectivity index (χ1) is 13.9. The number of carbonyl (C=O) groups is 1. The standard InChI is InChI=1S/C21H25N3O3S2/c1-16-3-9-20(10-4-16)29(26,27)24-13-11-18(12-14-24)21(25)23-22-15-17-5-7-19(28-2)8-6-17/h3-10,15,18H,11-14H2,1-2H3,(H,23,25). The van der Waals surface area contributed by atoms with Crippen LogP contribution in [-0.4, -0.2) is 44.2 Å². The minimum atomic E-state index is -3.52. The fraction of sp³-hybridized carbons (Fsp3) is 0.333. The second-order valence-electron chi connectivity index (χ2n) is 7.00. The van der Waals surface area contributed by atoms with Crippen molar-refractivity contribution in [2.75, 3.05) is 19.3 Å². The van der Waals surface area contributed by atoms with Crippen molar-refractivity contribution in [1.29, 1.82) is 0 Å². The van der Waals surface area contributed by atoms with E-state index in [1.165, 1.54) is 9.20 Å². The second kappa shape index (κ2) is 9.56. The van der Waals surface area contributed by atoms with Crippen LogP contribution in [0.3, 0.4) is 0 Å². The van der Waals surface area contributed by atoms with Crippen LogP contribution in [0, 0.1) is 12.8 Å². The minimum absolute atomic E-state index is 0.172. The Bertz CT molecular complexity index is 963. The van der Waals surface area contributed by atoms with Gasteiger partial charge in [-0.2, -0.15) is 9.41 Å². The number of hydrogen-bond acceptors (Lipinski definition) is 5. The molecule has 1 amide bonds. The van der Waals surface area contributed by atoms with Crippen molar-refractivity contribution in [2.24, 2.45) is 11.0 Å². The van der Waals surface area contributed by atoms with Gasteiger partial charge in [-0.15, -0.1) is 11.8 Å². The van der Waals surface area contributed by atoms with Gasteiger partial charge in [0, 0.05) is 23.9 Å². The van der Waals surface area contributed by atoms with Crippen LogP contribution in [-0.2, 0) is 14.8 Å². The van der Waals surface area contributed by atoms with E-state index < -0.39 is 10.0 Å². The van der Waals surface area contributed by atoms with E-state index in [0.717, 1.165) is 11.1 Å². The maximum absolute atomic E-state index is 12.8. The van der Waals surface area contributed by atoms with Gasteiger partial charge in [0.2, 0.25) is 15.9 Å². The molecule has 1 aliphatic rings. The number of hydrazone groups is 1. The van der Waals surface area contributed by atoms with Crippen molar-refractivity contribution < 1.29 is 13.2 Å². The Balaban J connectivity index is 1.52. The predicted octanol–water partition coefficient (Wildman–Crippen LogP) is 3.27. The molecule has 29 heavy (non-hydrogen) atoms. The van der Waals surface area contributed by atoms with Crippen molar-refractivity contribution in [1.82, 2.24) is 9.73 Å². The average molecular weight is 432 g/mol. The van der Waals surface area contributed by atoms with E-state index in [-0.39, 0.29) is 11.8 Å². The molecule has 2 aromatic rings. The highest BCUT2D eigenvalue weighted by Crippen LogP contribution is 2.24. The summed E-state index contributed by atoms with van der Waals surface area (Å²) in [5, 5.41) is 4.03. The summed E-state index contributed by atoms with van der Waals surface area (Å²) < 4.78 is 27.0. The van der Waals surface area contributed by atoms with Gasteiger partial charge in [-0.1, -0.05) is 29.8 Å². The highest BCUT2D eigenvalue weighted by Gasteiger charge is 2.31. The molecule has 3 rings (SSSR count). The Kier molecular flexibility index (Phi) is 7.10. The molecule has 2 aromatic carbocycles. The summed E-state index contributed by atoms with van der Waals surface area (Å²) in [7, 11) is -3.52. The van der Waals surface area contributed by atoms with Crippen molar-refractivity contribution in [3.05, 3.63) is 59.7 Å². The molecule has 0 aliphatic carbocycles. The Morgan fingerprint density at radius 1 is 1.10 bits per heavy atom. The molecule has 0 saturated carbocycles. The van der Waals surface area contributed by atoms with Gasteiger partial charge in [0.1, 0.15) is 0 Å². The number of benzene rings is 2. The Hall–Kier alpha value is -2.16. The first-order valence-electron chi connectivity index (χ1n) is 9.44. The molecular formula is C21H25N3O3S2. The van der Waals surface area contributed by atoms with E-state index in [9.17, 15) is 13.2 Å². The first-order valence-corrected chi connectivity index (χ1v) is 12.1. The largest absolute Gasteiger partial charge is 0.273 e. The normalized spacial score (nSPS) is 16.2.